The number of hydrogen-bond acceptors (Lipinski definition) is 2. The first-order valence-corrected chi connectivity index (χ1v) is 6.85. The summed E-state index contributed by atoms with van der Waals surface area (Å²) in [5.41, 5.74) is 1.23. The van der Waals surface area contributed by atoms with Crippen LogP contribution in [0.4, 0.5) is 0 Å². The maximum absolute atomic E-state index is 6.58. The summed E-state index contributed by atoms with van der Waals surface area (Å²) < 4.78 is 1.88. The van der Waals surface area contributed by atoms with Crippen molar-refractivity contribution in [2.45, 2.75) is 50.8 Å². The fourth-order valence-electron chi connectivity index (χ4n) is 3.19. The van der Waals surface area contributed by atoms with Crippen LogP contribution in [0.1, 0.15) is 45.7 Å². The minimum Gasteiger partial charge on any atom is -0.252 e. The molecule has 1 aliphatic rings. The normalized spacial score (nSPS) is 30.5. The molecule has 96 valence electrons. The highest BCUT2D eigenvalue weighted by molar-refractivity contribution is 6.20. The second-order valence-electron chi connectivity index (χ2n) is 6.01. The van der Waals surface area contributed by atoms with Crippen LogP contribution >= 0.6 is 11.6 Å². The van der Waals surface area contributed by atoms with Gasteiger partial charge in [0.15, 0.2) is 0 Å². The van der Waals surface area contributed by atoms with Crippen molar-refractivity contribution in [3.05, 3.63) is 11.9 Å². The largest absolute Gasteiger partial charge is 0.252 e. The molecule has 1 heterocycles. The second kappa shape index (κ2) is 4.60. The van der Waals surface area contributed by atoms with Crippen molar-refractivity contribution in [2.24, 2.45) is 18.9 Å². The summed E-state index contributed by atoms with van der Waals surface area (Å²) in [6.45, 7) is 6.83. The lowest BCUT2D eigenvalue weighted by atomic mass is 9.67. The zero-order valence-electron chi connectivity index (χ0n) is 11.2. The standard InChI is InChI=1S/C13H22ClN3/c1-9-5-6-10(11(14)7-9)13(2,3)12-8-15-16-17(12)4/h8-11H,5-7H2,1-4H3. The zero-order valence-corrected chi connectivity index (χ0v) is 11.9. The minimum absolute atomic E-state index is 0.0464. The van der Waals surface area contributed by atoms with E-state index in [1.54, 1.807) is 0 Å². The Kier molecular flexibility index (Phi) is 3.48. The van der Waals surface area contributed by atoms with E-state index < -0.39 is 0 Å². The Hall–Kier alpha value is -0.570. The summed E-state index contributed by atoms with van der Waals surface area (Å²) in [7, 11) is 1.96. The van der Waals surface area contributed by atoms with Crippen LogP contribution in [0.25, 0.3) is 0 Å². The number of aromatic nitrogens is 3. The molecule has 0 radical (unpaired) electrons. The van der Waals surface area contributed by atoms with Crippen molar-refractivity contribution >= 4 is 11.6 Å². The lowest BCUT2D eigenvalue weighted by molar-refractivity contribution is 0.200. The van der Waals surface area contributed by atoms with Crippen LogP contribution in [0.15, 0.2) is 6.20 Å². The van der Waals surface area contributed by atoms with Crippen LogP contribution in [-0.4, -0.2) is 20.4 Å². The summed E-state index contributed by atoms with van der Waals surface area (Å²) >= 11 is 6.58. The lowest BCUT2D eigenvalue weighted by Crippen LogP contribution is -2.40. The Labute approximate surface area is 109 Å². The van der Waals surface area contributed by atoms with E-state index in [0.717, 1.165) is 12.3 Å². The Morgan fingerprint density at radius 2 is 2.12 bits per heavy atom. The molecule has 0 aromatic carbocycles. The van der Waals surface area contributed by atoms with Crippen LogP contribution in [0.2, 0.25) is 0 Å². The van der Waals surface area contributed by atoms with Crippen molar-refractivity contribution in [3.8, 4) is 0 Å². The van der Waals surface area contributed by atoms with Gasteiger partial charge in [0, 0.05) is 17.8 Å². The number of halogens is 1. The average molecular weight is 256 g/mol. The number of rotatable bonds is 2. The fourth-order valence-corrected chi connectivity index (χ4v) is 3.93. The van der Waals surface area contributed by atoms with Crippen molar-refractivity contribution in [2.75, 3.05) is 0 Å². The van der Waals surface area contributed by atoms with Crippen LogP contribution < -0.4 is 0 Å². The van der Waals surface area contributed by atoms with Crippen molar-refractivity contribution in [1.82, 2.24) is 15.0 Å². The molecule has 1 aromatic rings. The molecular formula is C13H22ClN3. The molecule has 0 N–H and O–H groups in total. The van der Waals surface area contributed by atoms with Gasteiger partial charge in [0.05, 0.1) is 11.9 Å². The molecule has 4 heteroatoms. The smallest absolute Gasteiger partial charge is 0.0730 e. The van der Waals surface area contributed by atoms with E-state index in [4.69, 9.17) is 11.6 Å². The molecule has 0 saturated heterocycles. The van der Waals surface area contributed by atoms with E-state index in [0.29, 0.717) is 5.92 Å². The van der Waals surface area contributed by atoms with Crippen LogP contribution in [0.5, 0.6) is 0 Å². The Morgan fingerprint density at radius 1 is 1.41 bits per heavy atom. The molecular weight excluding hydrogens is 234 g/mol. The first-order valence-electron chi connectivity index (χ1n) is 6.42. The summed E-state index contributed by atoms with van der Waals surface area (Å²) in [5, 5.41) is 8.30. The summed E-state index contributed by atoms with van der Waals surface area (Å²) in [6, 6.07) is 0. The molecule has 3 nitrogen and oxygen atoms in total. The van der Waals surface area contributed by atoms with Gasteiger partial charge >= 0.3 is 0 Å². The highest BCUT2D eigenvalue weighted by Crippen LogP contribution is 2.44. The van der Waals surface area contributed by atoms with Crippen molar-refractivity contribution in [3.63, 3.8) is 0 Å². The van der Waals surface area contributed by atoms with Crippen molar-refractivity contribution in [1.29, 1.82) is 0 Å². The molecule has 1 saturated carbocycles. The van der Waals surface area contributed by atoms with Gasteiger partial charge < -0.3 is 0 Å². The monoisotopic (exact) mass is 255 g/mol. The summed E-state index contributed by atoms with van der Waals surface area (Å²) in [5.74, 6) is 1.27. The summed E-state index contributed by atoms with van der Waals surface area (Å²) in [6.07, 6.45) is 5.48. The van der Waals surface area contributed by atoms with E-state index in [1.807, 2.05) is 17.9 Å². The Bertz CT molecular complexity index is 386. The maximum atomic E-state index is 6.58. The molecule has 2 rings (SSSR count). The number of aryl methyl sites for hydroxylation is 1. The summed E-state index contributed by atoms with van der Waals surface area (Å²) in [4.78, 5) is 0. The molecule has 0 spiro atoms. The number of alkyl halides is 1. The van der Waals surface area contributed by atoms with Crippen LogP contribution in [-0.2, 0) is 12.5 Å². The average Bonchev–Trinajstić information content (AvgIpc) is 2.64. The van der Waals surface area contributed by atoms with E-state index >= 15 is 0 Å². The van der Waals surface area contributed by atoms with E-state index in [2.05, 4.69) is 31.1 Å². The van der Waals surface area contributed by atoms with Crippen molar-refractivity contribution < 1.29 is 0 Å². The van der Waals surface area contributed by atoms with Gasteiger partial charge in [0.25, 0.3) is 0 Å². The van der Waals surface area contributed by atoms with Gasteiger partial charge in [-0.3, -0.25) is 4.68 Å². The third-order valence-electron chi connectivity index (χ3n) is 4.34. The Balaban J connectivity index is 2.24. The SMILES string of the molecule is CC1CCC(C(C)(C)c2cnnn2C)C(Cl)C1. The second-order valence-corrected chi connectivity index (χ2v) is 6.57. The number of nitrogens with zero attached hydrogens (tertiary/aromatic N) is 3. The fraction of sp³-hybridized carbons (Fsp3) is 0.846. The minimum atomic E-state index is 0.0464. The van der Waals surface area contributed by atoms with Gasteiger partial charge in [-0.15, -0.1) is 16.7 Å². The van der Waals surface area contributed by atoms with Gasteiger partial charge in [-0.25, -0.2) is 0 Å². The third kappa shape index (κ3) is 2.35. The Morgan fingerprint density at radius 3 is 2.65 bits per heavy atom. The predicted molar refractivity (Wildman–Crippen MR) is 70.2 cm³/mol. The molecule has 1 aliphatic carbocycles. The van der Waals surface area contributed by atoms with E-state index in [9.17, 15) is 0 Å². The topological polar surface area (TPSA) is 30.7 Å². The highest BCUT2D eigenvalue weighted by Gasteiger charge is 2.40. The molecule has 0 aliphatic heterocycles. The lowest BCUT2D eigenvalue weighted by Gasteiger charge is -2.41. The molecule has 0 bridgehead atoms. The number of hydrogen-bond donors (Lipinski definition) is 0. The molecule has 17 heavy (non-hydrogen) atoms. The van der Waals surface area contributed by atoms with Gasteiger partial charge in [-0.05, 0) is 24.7 Å². The quantitative estimate of drug-likeness (QED) is 0.761. The van der Waals surface area contributed by atoms with Gasteiger partial charge in [0.2, 0.25) is 0 Å². The maximum Gasteiger partial charge on any atom is 0.0730 e. The molecule has 3 atom stereocenters. The zero-order chi connectivity index (χ0) is 12.6. The predicted octanol–water partition coefficient (Wildman–Crippen LogP) is 3.14. The van der Waals surface area contributed by atoms with E-state index in [1.165, 1.54) is 18.5 Å². The first-order chi connectivity index (χ1) is 7.93. The first kappa shape index (κ1) is 12.9. The van der Waals surface area contributed by atoms with E-state index in [-0.39, 0.29) is 10.8 Å². The van der Waals surface area contributed by atoms with Crippen LogP contribution in [0, 0.1) is 11.8 Å². The molecule has 3 unspecified atom stereocenters. The van der Waals surface area contributed by atoms with Gasteiger partial charge in [0.1, 0.15) is 0 Å². The molecule has 1 aromatic heterocycles. The third-order valence-corrected chi connectivity index (χ3v) is 4.82. The van der Waals surface area contributed by atoms with Gasteiger partial charge in [-0.1, -0.05) is 32.4 Å². The molecule has 0 amide bonds. The highest BCUT2D eigenvalue weighted by atomic mass is 35.5. The molecule has 1 fully saturated rings. The van der Waals surface area contributed by atoms with Gasteiger partial charge in [-0.2, -0.15) is 0 Å². The van der Waals surface area contributed by atoms with Crippen LogP contribution in [0.3, 0.4) is 0 Å².